The van der Waals surface area contributed by atoms with Gasteiger partial charge in [-0.2, -0.15) is 0 Å². The van der Waals surface area contributed by atoms with Crippen LogP contribution >= 0.6 is 11.3 Å². The molecule has 0 radical (unpaired) electrons. The van der Waals surface area contributed by atoms with E-state index in [9.17, 15) is 0 Å². The fourth-order valence-corrected chi connectivity index (χ4v) is 7.70. The van der Waals surface area contributed by atoms with Crippen LogP contribution in [0.25, 0.3) is 64.0 Å². The molecule has 0 saturated heterocycles. The molecule has 0 aliphatic rings. The molecule has 2 heterocycles. The number of furan rings is 1. The van der Waals surface area contributed by atoms with E-state index in [4.69, 9.17) is 4.42 Å². The summed E-state index contributed by atoms with van der Waals surface area (Å²) < 4.78 is 8.90. The van der Waals surface area contributed by atoms with Crippen molar-refractivity contribution in [3.8, 4) is 11.1 Å². The van der Waals surface area contributed by atoms with Crippen molar-refractivity contribution in [3.63, 3.8) is 0 Å². The van der Waals surface area contributed by atoms with Gasteiger partial charge in [-0.15, -0.1) is 11.3 Å². The normalized spacial score (nSPS) is 11.7. The second kappa shape index (κ2) is 9.59. The topological polar surface area (TPSA) is 16.4 Å². The first-order chi connectivity index (χ1) is 21.3. The molecule has 0 saturated carbocycles. The van der Waals surface area contributed by atoms with Crippen LogP contribution in [-0.4, -0.2) is 0 Å². The highest BCUT2D eigenvalue weighted by Gasteiger charge is 2.22. The third kappa shape index (κ3) is 3.79. The van der Waals surface area contributed by atoms with Gasteiger partial charge in [-0.3, -0.25) is 0 Å². The summed E-state index contributed by atoms with van der Waals surface area (Å²) in [5.41, 5.74) is 7.52. The zero-order valence-corrected chi connectivity index (χ0v) is 24.0. The van der Waals surface area contributed by atoms with Crippen LogP contribution in [0.4, 0.5) is 17.1 Å². The quantitative estimate of drug-likeness (QED) is 0.210. The summed E-state index contributed by atoms with van der Waals surface area (Å²) in [6.07, 6.45) is 0. The van der Waals surface area contributed by atoms with Crippen LogP contribution in [0.1, 0.15) is 0 Å². The van der Waals surface area contributed by atoms with E-state index in [-0.39, 0.29) is 0 Å². The minimum atomic E-state index is 0.900. The molecule has 0 aliphatic carbocycles. The van der Waals surface area contributed by atoms with E-state index >= 15 is 0 Å². The van der Waals surface area contributed by atoms with Crippen LogP contribution in [0.15, 0.2) is 156 Å². The van der Waals surface area contributed by atoms with E-state index in [1.807, 2.05) is 23.5 Å². The van der Waals surface area contributed by atoms with Crippen LogP contribution in [0.3, 0.4) is 0 Å². The summed E-state index contributed by atoms with van der Waals surface area (Å²) >= 11 is 1.85. The third-order valence-electron chi connectivity index (χ3n) is 8.47. The number of para-hydroxylation sites is 2. The van der Waals surface area contributed by atoms with E-state index in [2.05, 4.69) is 144 Å². The Morgan fingerprint density at radius 1 is 0.442 bits per heavy atom. The zero-order chi connectivity index (χ0) is 28.3. The van der Waals surface area contributed by atoms with Gasteiger partial charge in [0.05, 0.1) is 11.4 Å². The van der Waals surface area contributed by atoms with Gasteiger partial charge < -0.3 is 9.32 Å². The van der Waals surface area contributed by atoms with Crippen LogP contribution in [-0.2, 0) is 0 Å². The van der Waals surface area contributed by atoms with Crippen molar-refractivity contribution in [2.45, 2.75) is 0 Å². The molecule has 43 heavy (non-hydrogen) atoms. The molecule has 0 N–H and O–H groups in total. The van der Waals surface area contributed by atoms with Crippen molar-refractivity contribution < 1.29 is 4.42 Å². The van der Waals surface area contributed by atoms with E-state index < -0.39 is 0 Å². The van der Waals surface area contributed by atoms with Gasteiger partial charge in [-0.1, -0.05) is 109 Å². The Morgan fingerprint density at radius 3 is 2.05 bits per heavy atom. The molecule has 0 unspecified atom stereocenters. The summed E-state index contributed by atoms with van der Waals surface area (Å²) in [5, 5.41) is 7.31. The molecule has 0 atom stereocenters. The van der Waals surface area contributed by atoms with Crippen molar-refractivity contribution in [3.05, 3.63) is 152 Å². The number of hydrogen-bond acceptors (Lipinski definition) is 3. The Bertz CT molecular complexity index is 2480. The minimum absolute atomic E-state index is 0.900. The molecule has 2 nitrogen and oxygen atoms in total. The lowest BCUT2D eigenvalue weighted by atomic mass is 9.96. The monoisotopic (exact) mass is 567 g/mol. The van der Waals surface area contributed by atoms with E-state index in [1.54, 1.807) is 0 Å². The Balaban J connectivity index is 1.35. The zero-order valence-electron chi connectivity index (χ0n) is 23.2. The lowest BCUT2D eigenvalue weighted by Gasteiger charge is -2.29. The minimum Gasteiger partial charge on any atom is -0.456 e. The fourth-order valence-electron chi connectivity index (χ4n) is 6.56. The van der Waals surface area contributed by atoms with E-state index in [1.165, 1.54) is 30.9 Å². The van der Waals surface area contributed by atoms with Crippen LogP contribution < -0.4 is 4.90 Å². The molecule has 202 valence electrons. The second-order valence-corrected chi connectivity index (χ2v) is 12.0. The van der Waals surface area contributed by atoms with Gasteiger partial charge >= 0.3 is 0 Å². The maximum atomic E-state index is 6.31. The Kier molecular flexibility index (Phi) is 5.40. The summed E-state index contributed by atoms with van der Waals surface area (Å²) in [7, 11) is 0. The number of nitrogens with zero attached hydrogens (tertiary/aromatic N) is 1. The standard InChI is InChI=1S/C40H25NOS/c1-2-13-28-26(11-1)12-9-19-34(28)41(27-23-24-31-30-15-5-8-22-38(30)43-39(31)25-27)35-18-6-3-14-29(35)32-17-10-21-37-40(32)33-16-4-7-20-36(33)42-37/h1-25H. The number of rotatable bonds is 4. The summed E-state index contributed by atoms with van der Waals surface area (Å²) in [5.74, 6) is 0. The van der Waals surface area contributed by atoms with Gasteiger partial charge in [0.1, 0.15) is 11.2 Å². The highest BCUT2D eigenvalue weighted by molar-refractivity contribution is 7.25. The number of benzene rings is 7. The summed E-state index contributed by atoms with van der Waals surface area (Å²) in [6, 6.07) is 54.3. The average molecular weight is 568 g/mol. The molecule has 2 aromatic heterocycles. The van der Waals surface area contributed by atoms with Crippen molar-refractivity contribution in [1.82, 2.24) is 0 Å². The van der Waals surface area contributed by atoms with Crippen molar-refractivity contribution >= 4 is 81.3 Å². The van der Waals surface area contributed by atoms with Crippen LogP contribution in [0.5, 0.6) is 0 Å². The van der Waals surface area contributed by atoms with Crippen LogP contribution in [0.2, 0.25) is 0 Å². The molecule has 0 spiro atoms. The molecular weight excluding hydrogens is 543 g/mol. The average Bonchev–Trinajstić information content (AvgIpc) is 3.63. The second-order valence-electron chi connectivity index (χ2n) is 10.9. The molecule has 0 aliphatic heterocycles. The van der Waals surface area contributed by atoms with Gasteiger partial charge in [-0.05, 0) is 53.4 Å². The maximum Gasteiger partial charge on any atom is 0.136 e. The molecular formula is C40H25NOS. The number of thiophene rings is 1. The number of anilines is 3. The smallest absolute Gasteiger partial charge is 0.136 e. The van der Waals surface area contributed by atoms with Gasteiger partial charge in [0.25, 0.3) is 0 Å². The van der Waals surface area contributed by atoms with Gasteiger partial charge in [0.15, 0.2) is 0 Å². The molecule has 0 bridgehead atoms. The molecule has 3 heteroatoms. The van der Waals surface area contributed by atoms with Crippen molar-refractivity contribution in [2.24, 2.45) is 0 Å². The molecule has 9 rings (SSSR count). The third-order valence-corrected chi connectivity index (χ3v) is 9.60. The van der Waals surface area contributed by atoms with Crippen LogP contribution in [0, 0.1) is 0 Å². The predicted molar refractivity (Wildman–Crippen MR) is 184 cm³/mol. The SMILES string of the molecule is c1ccc(N(c2ccc3c(c2)sc2ccccc23)c2cccc3ccccc23)c(-c2cccc3oc4ccccc4c23)c1. The predicted octanol–water partition coefficient (Wildman–Crippen LogP) is 12.2. The maximum absolute atomic E-state index is 6.31. The first-order valence-corrected chi connectivity index (χ1v) is 15.3. The van der Waals surface area contributed by atoms with E-state index in [0.717, 1.165) is 50.1 Å². The van der Waals surface area contributed by atoms with Crippen molar-refractivity contribution in [1.29, 1.82) is 0 Å². The number of hydrogen-bond donors (Lipinski definition) is 0. The highest BCUT2D eigenvalue weighted by Crippen LogP contribution is 2.47. The Morgan fingerprint density at radius 2 is 1.09 bits per heavy atom. The highest BCUT2D eigenvalue weighted by atomic mass is 32.1. The summed E-state index contributed by atoms with van der Waals surface area (Å²) in [6.45, 7) is 0. The summed E-state index contributed by atoms with van der Waals surface area (Å²) in [4.78, 5) is 2.43. The molecule has 9 aromatic rings. The molecule has 7 aromatic carbocycles. The Labute approximate surface area is 252 Å². The van der Waals surface area contributed by atoms with Gasteiger partial charge in [0, 0.05) is 47.6 Å². The first-order valence-electron chi connectivity index (χ1n) is 14.5. The van der Waals surface area contributed by atoms with E-state index in [0.29, 0.717) is 0 Å². The van der Waals surface area contributed by atoms with Crippen molar-refractivity contribution in [2.75, 3.05) is 4.90 Å². The van der Waals surface area contributed by atoms with Gasteiger partial charge in [0.2, 0.25) is 0 Å². The largest absolute Gasteiger partial charge is 0.456 e. The first kappa shape index (κ1) is 24.2. The fraction of sp³-hybridized carbons (Fsp3) is 0. The molecule has 0 amide bonds. The lowest BCUT2D eigenvalue weighted by Crippen LogP contribution is -2.11. The molecule has 0 fully saturated rings. The Hall–Kier alpha value is -5.38. The van der Waals surface area contributed by atoms with Gasteiger partial charge in [-0.25, -0.2) is 0 Å². The lowest BCUT2D eigenvalue weighted by molar-refractivity contribution is 0.669. The number of fused-ring (bicyclic) bond motifs is 7.